The van der Waals surface area contributed by atoms with Crippen molar-refractivity contribution in [3.05, 3.63) is 100 Å². The van der Waals surface area contributed by atoms with E-state index in [2.05, 4.69) is 0 Å². The number of ketones is 1. The average molecular weight is 514 g/mol. The molecule has 0 amide bonds. The molecule has 1 fully saturated rings. The molecule has 1 saturated heterocycles. The lowest BCUT2D eigenvalue weighted by Crippen LogP contribution is -3.13. The van der Waals surface area contributed by atoms with Gasteiger partial charge in [0, 0.05) is 36.3 Å². The second kappa shape index (κ2) is 12.6. The smallest absolute Gasteiger partial charge is 0.335 e. The summed E-state index contributed by atoms with van der Waals surface area (Å²) in [6.07, 6.45) is 2.67. The van der Waals surface area contributed by atoms with E-state index in [-0.39, 0.29) is 22.9 Å². The molecule has 6 nitrogen and oxygen atoms in total. The molecule has 0 spiro atoms. The second-order valence-electron chi connectivity index (χ2n) is 8.90. The van der Waals surface area contributed by atoms with Crippen LogP contribution in [0.1, 0.15) is 52.0 Å². The van der Waals surface area contributed by atoms with Crippen molar-refractivity contribution in [1.29, 1.82) is 0 Å². The molecule has 1 aliphatic heterocycles. The zero-order valence-corrected chi connectivity index (χ0v) is 20.5. The third-order valence-corrected chi connectivity index (χ3v) is 6.62. The van der Waals surface area contributed by atoms with Crippen LogP contribution in [0.2, 0.25) is 5.02 Å². The Labute approximate surface area is 214 Å². The van der Waals surface area contributed by atoms with Gasteiger partial charge in [-0.15, -0.1) is 5.75 Å². The van der Waals surface area contributed by atoms with Gasteiger partial charge < -0.3 is 20.2 Å². The predicted octanol–water partition coefficient (Wildman–Crippen LogP) is 3.47. The van der Waals surface area contributed by atoms with Crippen molar-refractivity contribution < 1.29 is 34.2 Å². The summed E-state index contributed by atoms with van der Waals surface area (Å²) in [5, 5.41) is 30.4. The topological polar surface area (TPSA) is 102 Å². The second-order valence-corrected chi connectivity index (χ2v) is 9.34. The van der Waals surface area contributed by atoms with E-state index in [4.69, 9.17) is 16.7 Å². The van der Waals surface area contributed by atoms with Gasteiger partial charge in [0.2, 0.25) is 0 Å². The molecule has 0 radical (unpaired) electrons. The van der Waals surface area contributed by atoms with Crippen LogP contribution in [0.3, 0.4) is 0 Å². The van der Waals surface area contributed by atoms with Gasteiger partial charge >= 0.3 is 5.97 Å². The van der Waals surface area contributed by atoms with E-state index in [9.17, 15) is 24.2 Å². The van der Waals surface area contributed by atoms with Crippen LogP contribution < -0.4 is 10.0 Å². The Bertz CT molecular complexity index is 1140. The number of carbonyl (C=O) groups excluding carboxylic acids is 1. The number of rotatable bonds is 7. The number of likely N-dealkylation sites (tertiary alicyclic amines) is 1. The molecule has 1 heterocycles. The zero-order chi connectivity index (χ0) is 26.1. The molecule has 8 heteroatoms. The van der Waals surface area contributed by atoms with E-state index in [0.29, 0.717) is 29.8 Å². The van der Waals surface area contributed by atoms with Crippen LogP contribution in [0.4, 0.5) is 4.39 Å². The van der Waals surface area contributed by atoms with Gasteiger partial charge in [0.25, 0.3) is 0 Å². The van der Waals surface area contributed by atoms with Gasteiger partial charge in [-0.3, -0.25) is 4.79 Å². The molecule has 0 aliphatic carbocycles. The lowest BCUT2D eigenvalue weighted by molar-refractivity contribution is -0.908. The fourth-order valence-corrected chi connectivity index (χ4v) is 4.32. The Morgan fingerprint density at radius 3 is 2.03 bits per heavy atom. The maximum absolute atomic E-state index is 12.9. The number of hydrogen-bond acceptors (Lipinski definition) is 4. The van der Waals surface area contributed by atoms with Crippen molar-refractivity contribution in [2.45, 2.75) is 31.3 Å². The predicted molar refractivity (Wildman–Crippen MR) is 133 cm³/mol. The van der Waals surface area contributed by atoms with Crippen LogP contribution in [0.15, 0.2) is 72.8 Å². The van der Waals surface area contributed by atoms with Crippen molar-refractivity contribution in [1.82, 2.24) is 0 Å². The first-order valence-corrected chi connectivity index (χ1v) is 12.2. The molecule has 1 aliphatic rings. The number of carboxylic acids is 1. The number of quaternary nitrogens is 1. The summed E-state index contributed by atoms with van der Waals surface area (Å²) < 4.78 is 12.9. The first kappa shape index (κ1) is 27.3. The first-order valence-electron chi connectivity index (χ1n) is 11.8. The molecule has 0 saturated carbocycles. The number of aliphatic hydroxyl groups is 1. The molecule has 36 heavy (non-hydrogen) atoms. The van der Waals surface area contributed by atoms with Crippen LogP contribution >= 0.6 is 11.6 Å². The van der Waals surface area contributed by atoms with Crippen LogP contribution in [0, 0.1) is 5.82 Å². The van der Waals surface area contributed by atoms with Crippen molar-refractivity contribution in [3.8, 4) is 5.75 Å². The maximum Gasteiger partial charge on any atom is 0.335 e. The van der Waals surface area contributed by atoms with Crippen LogP contribution in [-0.2, 0) is 5.60 Å². The number of piperidine rings is 1. The standard InChI is InChI=1S/C21H23ClFNO2.C7H6O3/c22-18-7-5-17(6-8-18)21(26)11-14-24(15-12-21)13-1-2-20(25)16-3-9-19(23)10-4-16;8-6-3-1-5(2-4-6)7(9)10/h3-10,26H,1-2,11-15H2;1-4,8H,(H,9,10). The molecule has 0 bridgehead atoms. The normalized spacial score (nSPS) is 19.1. The number of Topliss-reactive ketones (excluding diaryl/α,β-unsaturated/α-hetero) is 1. The fraction of sp³-hybridized carbons (Fsp3) is 0.286. The summed E-state index contributed by atoms with van der Waals surface area (Å²) in [6.45, 7) is 2.66. The molecule has 3 aromatic rings. The van der Waals surface area contributed by atoms with Gasteiger partial charge in [0.1, 0.15) is 11.4 Å². The number of carboxylic acid groups (broad SMARTS) is 1. The SMILES string of the molecule is O=C(CCC[NH+]1CCC(O)(c2ccc(Cl)cc2)CC1)c1ccc(F)cc1.O=C(O)c1ccc([O-])cc1. The van der Waals surface area contributed by atoms with Crippen LogP contribution in [-0.4, -0.2) is 41.6 Å². The number of carbonyl (C=O) groups is 2. The molecule has 0 unspecified atom stereocenters. The summed E-state index contributed by atoms with van der Waals surface area (Å²) >= 11 is 5.92. The fourth-order valence-electron chi connectivity index (χ4n) is 4.19. The summed E-state index contributed by atoms with van der Waals surface area (Å²) in [7, 11) is 0. The molecule has 190 valence electrons. The highest BCUT2D eigenvalue weighted by Gasteiger charge is 2.35. The summed E-state index contributed by atoms with van der Waals surface area (Å²) in [5.74, 6) is -1.46. The van der Waals surface area contributed by atoms with Gasteiger partial charge in [-0.05, 0) is 54.1 Å². The first-order chi connectivity index (χ1) is 17.2. The molecule has 3 N–H and O–H groups in total. The highest BCUT2D eigenvalue weighted by molar-refractivity contribution is 6.30. The van der Waals surface area contributed by atoms with Crippen LogP contribution in [0.25, 0.3) is 0 Å². The quantitative estimate of drug-likeness (QED) is 0.420. The Kier molecular flexibility index (Phi) is 9.58. The zero-order valence-electron chi connectivity index (χ0n) is 19.8. The van der Waals surface area contributed by atoms with Crippen molar-refractivity contribution in [2.75, 3.05) is 19.6 Å². The minimum atomic E-state index is -1.01. The third kappa shape index (κ3) is 7.88. The van der Waals surface area contributed by atoms with E-state index in [1.165, 1.54) is 53.4 Å². The number of halogens is 2. The number of aromatic carboxylic acids is 1. The van der Waals surface area contributed by atoms with Gasteiger partial charge in [-0.2, -0.15) is 0 Å². The molecule has 4 rings (SSSR count). The van der Waals surface area contributed by atoms with E-state index >= 15 is 0 Å². The molecule has 0 atom stereocenters. The Hall–Kier alpha value is -3.26. The number of nitrogens with one attached hydrogen (secondary N) is 1. The lowest BCUT2D eigenvalue weighted by Gasteiger charge is -2.36. The van der Waals surface area contributed by atoms with E-state index in [0.717, 1.165) is 31.6 Å². The highest BCUT2D eigenvalue weighted by Crippen LogP contribution is 2.30. The van der Waals surface area contributed by atoms with Crippen molar-refractivity contribution in [2.24, 2.45) is 0 Å². The summed E-state index contributed by atoms with van der Waals surface area (Å²) in [6, 6.07) is 18.2. The van der Waals surface area contributed by atoms with Gasteiger partial charge in [0.05, 0.1) is 25.2 Å². The van der Waals surface area contributed by atoms with E-state index in [1.807, 2.05) is 24.3 Å². The minimum Gasteiger partial charge on any atom is -0.872 e. The van der Waals surface area contributed by atoms with Crippen LogP contribution in [0.5, 0.6) is 5.75 Å². The minimum absolute atomic E-state index is 0.0547. The number of benzene rings is 3. The van der Waals surface area contributed by atoms with Crippen molar-refractivity contribution in [3.63, 3.8) is 0 Å². The van der Waals surface area contributed by atoms with Crippen molar-refractivity contribution >= 4 is 23.4 Å². The molecule has 0 aromatic heterocycles. The maximum atomic E-state index is 12.9. The number of hydrogen-bond donors (Lipinski definition) is 3. The Morgan fingerprint density at radius 2 is 1.47 bits per heavy atom. The summed E-state index contributed by atoms with van der Waals surface area (Å²) in [4.78, 5) is 23.8. The lowest BCUT2D eigenvalue weighted by atomic mass is 9.84. The molecular weight excluding hydrogens is 485 g/mol. The molecule has 3 aromatic carbocycles. The van der Waals surface area contributed by atoms with E-state index < -0.39 is 11.6 Å². The van der Waals surface area contributed by atoms with Gasteiger partial charge in [-0.25, -0.2) is 9.18 Å². The average Bonchev–Trinajstić information content (AvgIpc) is 2.87. The van der Waals surface area contributed by atoms with Gasteiger partial charge in [0.15, 0.2) is 5.78 Å². The monoisotopic (exact) mass is 513 g/mol. The Morgan fingerprint density at radius 1 is 0.917 bits per heavy atom. The Balaban J connectivity index is 0.000000303. The largest absolute Gasteiger partial charge is 0.872 e. The molecular formula is C28H29ClFNO5. The van der Waals surface area contributed by atoms with E-state index in [1.54, 1.807) is 0 Å². The van der Waals surface area contributed by atoms with Gasteiger partial charge in [-0.1, -0.05) is 35.9 Å². The summed E-state index contributed by atoms with van der Waals surface area (Å²) in [5.41, 5.74) is 0.849. The third-order valence-electron chi connectivity index (χ3n) is 6.37. The highest BCUT2D eigenvalue weighted by atomic mass is 35.5.